The molecule has 2 aromatic rings. The molecule has 0 aromatic carbocycles. The average molecular weight is 254 g/mol. The predicted octanol–water partition coefficient (Wildman–Crippen LogP) is 3.75. The fourth-order valence-electron chi connectivity index (χ4n) is 1.45. The third kappa shape index (κ3) is 2.71. The minimum Gasteiger partial charge on any atom is -0.361 e. The Morgan fingerprint density at radius 3 is 3.00 bits per heavy atom. The predicted molar refractivity (Wildman–Crippen MR) is 68.0 cm³/mol. The Morgan fingerprint density at radius 2 is 2.38 bits per heavy atom. The van der Waals surface area contributed by atoms with Gasteiger partial charge in [-0.25, -0.2) is 4.98 Å². The van der Waals surface area contributed by atoms with E-state index in [-0.39, 0.29) is 6.04 Å². The van der Waals surface area contributed by atoms with Crippen molar-refractivity contribution in [2.24, 2.45) is 0 Å². The third-order valence-corrected chi connectivity index (χ3v) is 3.39. The highest BCUT2D eigenvalue weighted by atomic mass is 35.5. The first-order valence-electron chi connectivity index (χ1n) is 5.07. The Labute approximate surface area is 104 Å². The zero-order valence-electron chi connectivity index (χ0n) is 8.85. The normalized spacial score (nSPS) is 12.4. The molecule has 0 amide bonds. The Kier molecular flexibility index (Phi) is 3.74. The number of hydrogen-bond donors (Lipinski definition) is 1. The van der Waals surface area contributed by atoms with Crippen LogP contribution in [0.2, 0.25) is 5.15 Å². The van der Waals surface area contributed by atoms with Crippen LogP contribution in [0, 0.1) is 0 Å². The van der Waals surface area contributed by atoms with Gasteiger partial charge < -0.3 is 5.32 Å². The number of nitrogens with zero attached hydrogens (tertiary/aromatic N) is 2. The molecule has 3 nitrogen and oxygen atoms in total. The van der Waals surface area contributed by atoms with Crippen molar-refractivity contribution < 1.29 is 0 Å². The lowest BCUT2D eigenvalue weighted by Crippen LogP contribution is -2.09. The smallest absolute Gasteiger partial charge is 0.149 e. The Hall–Kier alpha value is -1.13. The molecule has 84 valence electrons. The second kappa shape index (κ2) is 5.27. The fourth-order valence-corrected chi connectivity index (χ4v) is 2.46. The minimum atomic E-state index is 0.271. The van der Waals surface area contributed by atoms with Crippen LogP contribution >= 0.6 is 22.9 Å². The standard InChI is InChI=1S/C11H12ClN3S/c1-2-8(9-4-3-5-16-9)14-11-7-13-6-10(12)15-11/h3-8H,2H2,1H3,(H,14,15). The van der Waals surface area contributed by atoms with Crippen molar-refractivity contribution in [1.29, 1.82) is 0 Å². The first kappa shape index (κ1) is 11.4. The van der Waals surface area contributed by atoms with Gasteiger partial charge >= 0.3 is 0 Å². The minimum absolute atomic E-state index is 0.271. The van der Waals surface area contributed by atoms with Gasteiger partial charge in [0, 0.05) is 4.88 Å². The largest absolute Gasteiger partial charge is 0.361 e. The summed E-state index contributed by atoms with van der Waals surface area (Å²) in [6.07, 6.45) is 4.20. The molecule has 0 spiro atoms. The van der Waals surface area contributed by atoms with Crippen molar-refractivity contribution in [2.45, 2.75) is 19.4 Å². The lowest BCUT2D eigenvalue weighted by Gasteiger charge is -2.15. The van der Waals surface area contributed by atoms with Crippen molar-refractivity contribution in [3.05, 3.63) is 39.9 Å². The number of thiophene rings is 1. The van der Waals surface area contributed by atoms with E-state index in [0.29, 0.717) is 11.0 Å². The van der Waals surface area contributed by atoms with Crippen molar-refractivity contribution in [3.8, 4) is 0 Å². The van der Waals surface area contributed by atoms with Crippen LogP contribution in [0.15, 0.2) is 29.9 Å². The summed E-state index contributed by atoms with van der Waals surface area (Å²) in [4.78, 5) is 9.46. The maximum atomic E-state index is 5.79. The summed E-state index contributed by atoms with van der Waals surface area (Å²) in [5, 5.41) is 5.81. The van der Waals surface area contributed by atoms with E-state index in [0.717, 1.165) is 6.42 Å². The zero-order valence-corrected chi connectivity index (χ0v) is 10.4. The van der Waals surface area contributed by atoms with Gasteiger partial charge in [-0.05, 0) is 17.9 Å². The summed E-state index contributed by atoms with van der Waals surface area (Å²) in [5.41, 5.74) is 0. The molecule has 1 N–H and O–H groups in total. The number of anilines is 1. The molecule has 0 aliphatic heterocycles. The van der Waals surface area contributed by atoms with E-state index in [1.807, 2.05) is 6.07 Å². The molecule has 0 aliphatic carbocycles. The monoisotopic (exact) mass is 253 g/mol. The molecule has 0 saturated heterocycles. The molecule has 2 heterocycles. The highest BCUT2D eigenvalue weighted by Crippen LogP contribution is 2.25. The molecule has 0 fully saturated rings. The van der Waals surface area contributed by atoms with E-state index in [9.17, 15) is 0 Å². The van der Waals surface area contributed by atoms with Crippen LogP contribution in [0.4, 0.5) is 5.82 Å². The van der Waals surface area contributed by atoms with Crippen LogP contribution in [-0.2, 0) is 0 Å². The van der Waals surface area contributed by atoms with E-state index >= 15 is 0 Å². The highest BCUT2D eigenvalue weighted by Gasteiger charge is 2.10. The molecule has 16 heavy (non-hydrogen) atoms. The lowest BCUT2D eigenvalue weighted by atomic mass is 10.2. The summed E-state index contributed by atoms with van der Waals surface area (Å²) >= 11 is 7.52. The van der Waals surface area contributed by atoms with Gasteiger partial charge in [-0.3, -0.25) is 4.98 Å². The van der Waals surface area contributed by atoms with E-state index in [1.165, 1.54) is 11.1 Å². The number of nitrogens with one attached hydrogen (secondary N) is 1. The topological polar surface area (TPSA) is 37.8 Å². The van der Waals surface area contributed by atoms with Gasteiger partial charge in [0.2, 0.25) is 0 Å². The Morgan fingerprint density at radius 1 is 1.50 bits per heavy atom. The van der Waals surface area contributed by atoms with Crippen molar-refractivity contribution in [2.75, 3.05) is 5.32 Å². The van der Waals surface area contributed by atoms with E-state index < -0.39 is 0 Å². The second-order valence-corrected chi connectivity index (χ2v) is 4.71. The summed E-state index contributed by atoms with van der Waals surface area (Å²) in [7, 11) is 0. The Bertz CT molecular complexity index is 444. The quantitative estimate of drug-likeness (QED) is 0.902. The van der Waals surface area contributed by atoms with Crippen LogP contribution in [-0.4, -0.2) is 9.97 Å². The van der Waals surface area contributed by atoms with E-state index in [2.05, 4.69) is 33.7 Å². The van der Waals surface area contributed by atoms with Crippen LogP contribution in [0.25, 0.3) is 0 Å². The summed E-state index contributed by atoms with van der Waals surface area (Å²) in [5.74, 6) is 0.716. The first-order chi connectivity index (χ1) is 7.79. The SMILES string of the molecule is CCC(Nc1cncc(Cl)n1)c1cccs1. The van der Waals surface area contributed by atoms with Crippen LogP contribution in [0.1, 0.15) is 24.3 Å². The van der Waals surface area contributed by atoms with Crippen molar-refractivity contribution in [3.63, 3.8) is 0 Å². The highest BCUT2D eigenvalue weighted by molar-refractivity contribution is 7.10. The molecule has 5 heteroatoms. The van der Waals surface area contributed by atoms with E-state index in [4.69, 9.17) is 11.6 Å². The van der Waals surface area contributed by atoms with Gasteiger partial charge in [-0.15, -0.1) is 11.3 Å². The molecule has 0 aliphatic rings. The number of halogens is 1. The first-order valence-corrected chi connectivity index (χ1v) is 6.33. The van der Waals surface area contributed by atoms with Gasteiger partial charge in [-0.2, -0.15) is 0 Å². The van der Waals surface area contributed by atoms with Gasteiger partial charge in [0.25, 0.3) is 0 Å². The van der Waals surface area contributed by atoms with Crippen LogP contribution in [0.3, 0.4) is 0 Å². The Balaban J connectivity index is 2.13. The second-order valence-electron chi connectivity index (χ2n) is 3.35. The van der Waals surface area contributed by atoms with Gasteiger partial charge in [0.15, 0.2) is 0 Å². The van der Waals surface area contributed by atoms with Gasteiger partial charge in [0.1, 0.15) is 11.0 Å². The maximum absolute atomic E-state index is 5.79. The molecule has 2 aromatic heterocycles. The molecule has 1 atom stereocenters. The van der Waals surface area contributed by atoms with E-state index in [1.54, 1.807) is 17.5 Å². The maximum Gasteiger partial charge on any atom is 0.149 e. The molecular formula is C11H12ClN3S. The zero-order chi connectivity index (χ0) is 11.4. The van der Waals surface area contributed by atoms with Crippen LogP contribution < -0.4 is 5.32 Å². The summed E-state index contributed by atoms with van der Waals surface area (Å²) < 4.78 is 0. The van der Waals surface area contributed by atoms with Gasteiger partial charge in [0.05, 0.1) is 18.4 Å². The van der Waals surface area contributed by atoms with Crippen LogP contribution in [0.5, 0.6) is 0 Å². The average Bonchev–Trinajstić information content (AvgIpc) is 2.79. The number of aromatic nitrogens is 2. The fraction of sp³-hybridized carbons (Fsp3) is 0.273. The summed E-state index contributed by atoms with van der Waals surface area (Å²) in [6.45, 7) is 2.13. The summed E-state index contributed by atoms with van der Waals surface area (Å²) in [6, 6.07) is 4.44. The molecule has 0 bridgehead atoms. The van der Waals surface area contributed by atoms with Crippen molar-refractivity contribution in [1.82, 2.24) is 9.97 Å². The molecular weight excluding hydrogens is 242 g/mol. The lowest BCUT2D eigenvalue weighted by molar-refractivity contribution is 0.757. The third-order valence-electron chi connectivity index (χ3n) is 2.22. The number of hydrogen-bond acceptors (Lipinski definition) is 4. The van der Waals surface area contributed by atoms with Crippen molar-refractivity contribution >= 4 is 28.8 Å². The molecule has 0 radical (unpaired) electrons. The molecule has 0 saturated carbocycles. The van der Waals surface area contributed by atoms with Gasteiger partial charge in [-0.1, -0.05) is 24.6 Å². The number of rotatable bonds is 4. The molecule has 2 rings (SSSR count). The molecule has 1 unspecified atom stereocenters.